The van der Waals surface area contributed by atoms with Crippen LogP contribution in [0.1, 0.15) is 4.88 Å². The molecule has 1 aromatic rings. The number of nitrogens with one attached hydrogen (secondary N) is 1. The zero-order valence-corrected chi connectivity index (χ0v) is 7.58. The van der Waals surface area contributed by atoms with Gasteiger partial charge in [-0.05, 0) is 7.05 Å². The van der Waals surface area contributed by atoms with Crippen molar-refractivity contribution in [2.75, 3.05) is 13.7 Å². The molecule has 0 bridgehead atoms. The molecule has 0 amide bonds. The molecule has 12 heavy (non-hydrogen) atoms. The Hall–Kier alpha value is -0.610. The average molecular weight is 187 g/mol. The van der Waals surface area contributed by atoms with E-state index in [1.807, 2.05) is 7.05 Å². The number of rotatable bonds is 1. The van der Waals surface area contributed by atoms with Crippen molar-refractivity contribution in [3.05, 3.63) is 16.1 Å². The Bertz CT molecular complexity index is 287. The topological polar surface area (TPSA) is 21.3 Å². The van der Waals surface area contributed by atoms with Crippen LogP contribution in [0.5, 0.6) is 5.75 Å². The van der Waals surface area contributed by atoms with E-state index in [4.69, 9.17) is 4.74 Å². The zero-order valence-electron chi connectivity index (χ0n) is 6.76. The summed E-state index contributed by atoms with van der Waals surface area (Å²) in [6.45, 7) is 0.567. The van der Waals surface area contributed by atoms with Crippen LogP contribution in [0.3, 0.4) is 0 Å². The lowest BCUT2D eigenvalue weighted by atomic mass is 10.1. The molecule has 1 N–H and O–H groups in total. The summed E-state index contributed by atoms with van der Waals surface area (Å²) in [5.74, 6) is 0.246. The molecule has 1 aliphatic heterocycles. The van der Waals surface area contributed by atoms with Gasteiger partial charge in [0, 0.05) is 17.8 Å². The van der Waals surface area contributed by atoms with Gasteiger partial charge in [0.25, 0.3) is 0 Å². The fraction of sp³-hybridized carbons (Fsp3) is 0.500. The smallest absolute Gasteiger partial charge is 0.176 e. The Morgan fingerprint density at radius 3 is 3.33 bits per heavy atom. The van der Waals surface area contributed by atoms with Gasteiger partial charge in [-0.3, -0.25) is 0 Å². The molecule has 0 saturated heterocycles. The molecule has 2 nitrogen and oxygen atoms in total. The summed E-state index contributed by atoms with van der Waals surface area (Å²) in [6, 6.07) is 0.329. The molecule has 0 saturated carbocycles. The van der Waals surface area contributed by atoms with Gasteiger partial charge in [-0.25, -0.2) is 4.39 Å². The highest BCUT2D eigenvalue weighted by Gasteiger charge is 2.22. The van der Waals surface area contributed by atoms with Crippen molar-refractivity contribution < 1.29 is 9.13 Å². The van der Waals surface area contributed by atoms with Crippen molar-refractivity contribution in [3.8, 4) is 5.75 Å². The van der Waals surface area contributed by atoms with E-state index in [2.05, 4.69) is 5.32 Å². The van der Waals surface area contributed by atoms with E-state index in [9.17, 15) is 4.39 Å². The molecule has 0 aliphatic carbocycles. The number of fused-ring (bicyclic) bond motifs is 1. The first-order chi connectivity index (χ1) is 5.81. The third kappa shape index (κ3) is 1.21. The molecule has 1 aromatic heterocycles. The second-order valence-electron chi connectivity index (χ2n) is 2.84. The molecular weight excluding hydrogens is 177 g/mol. The molecule has 2 heterocycles. The monoisotopic (exact) mass is 187 g/mol. The lowest BCUT2D eigenvalue weighted by molar-refractivity contribution is 0.238. The van der Waals surface area contributed by atoms with Crippen molar-refractivity contribution in [2.45, 2.75) is 12.5 Å². The van der Waals surface area contributed by atoms with E-state index in [0.29, 0.717) is 18.4 Å². The third-order valence-corrected chi connectivity index (χ3v) is 3.01. The zero-order chi connectivity index (χ0) is 8.55. The van der Waals surface area contributed by atoms with Gasteiger partial charge in [-0.1, -0.05) is 0 Å². The number of likely N-dealkylation sites (N-methyl/N-ethyl adjacent to an activating group) is 1. The lowest BCUT2D eigenvalue weighted by Gasteiger charge is -2.21. The maximum atomic E-state index is 12.9. The number of hydrogen-bond acceptors (Lipinski definition) is 3. The second-order valence-corrected chi connectivity index (χ2v) is 3.80. The summed E-state index contributed by atoms with van der Waals surface area (Å²) in [6.07, 6.45) is 0.875. The van der Waals surface area contributed by atoms with E-state index in [0.717, 1.165) is 11.3 Å². The van der Waals surface area contributed by atoms with E-state index in [1.54, 1.807) is 0 Å². The van der Waals surface area contributed by atoms with E-state index in [-0.39, 0.29) is 5.82 Å². The Balaban J connectivity index is 2.24. The number of ether oxygens (including phenoxy) is 1. The standard InChI is InChI=1S/C8H10FNOS/c1-10-5-2-7-8(11-3-5)6(9)4-12-7/h4-5,10H,2-3H2,1H3. The predicted molar refractivity (Wildman–Crippen MR) is 46.3 cm³/mol. The van der Waals surface area contributed by atoms with Crippen molar-refractivity contribution in [3.63, 3.8) is 0 Å². The van der Waals surface area contributed by atoms with Crippen LogP contribution < -0.4 is 10.1 Å². The number of thiophene rings is 1. The van der Waals surface area contributed by atoms with Crippen LogP contribution >= 0.6 is 11.3 Å². The molecule has 66 valence electrons. The van der Waals surface area contributed by atoms with Crippen LogP contribution in [0.4, 0.5) is 4.39 Å². The third-order valence-electron chi connectivity index (χ3n) is 2.04. The highest BCUT2D eigenvalue weighted by atomic mass is 32.1. The van der Waals surface area contributed by atoms with Crippen molar-refractivity contribution >= 4 is 11.3 Å². The van der Waals surface area contributed by atoms with Crippen LogP contribution in [0.25, 0.3) is 0 Å². The summed E-state index contributed by atoms with van der Waals surface area (Å²) in [5, 5.41) is 4.62. The van der Waals surface area contributed by atoms with Gasteiger partial charge in [0.1, 0.15) is 6.61 Å². The van der Waals surface area contributed by atoms with Gasteiger partial charge in [0.15, 0.2) is 11.6 Å². The van der Waals surface area contributed by atoms with Crippen LogP contribution in [0.15, 0.2) is 5.38 Å². The Labute approximate surface area is 74.4 Å². The first kappa shape index (κ1) is 8.01. The van der Waals surface area contributed by atoms with Crippen LogP contribution in [-0.4, -0.2) is 19.7 Å². The average Bonchev–Trinajstić information content (AvgIpc) is 2.47. The largest absolute Gasteiger partial charge is 0.488 e. The molecule has 0 aromatic carbocycles. The minimum Gasteiger partial charge on any atom is -0.488 e. The number of hydrogen-bond donors (Lipinski definition) is 1. The molecule has 1 aliphatic rings. The molecule has 1 atom stereocenters. The summed E-state index contributed by atoms with van der Waals surface area (Å²) < 4.78 is 18.2. The molecular formula is C8H10FNOS. The summed E-state index contributed by atoms with van der Waals surface area (Å²) in [5.41, 5.74) is 0. The predicted octanol–water partition coefficient (Wildman–Crippen LogP) is 1.41. The van der Waals surface area contributed by atoms with E-state index >= 15 is 0 Å². The SMILES string of the molecule is CNC1COc2c(F)csc2C1. The molecule has 2 rings (SSSR count). The molecule has 4 heteroatoms. The lowest BCUT2D eigenvalue weighted by Crippen LogP contribution is -2.36. The van der Waals surface area contributed by atoms with Crippen LogP contribution in [0.2, 0.25) is 0 Å². The fourth-order valence-corrected chi connectivity index (χ4v) is 2.22. The fourth-order valence-electron chi connectivity index (χ4n) is 1.31. The summed E-state index contributed by atoms with van der Waals surface area (Å²) in [4.78, 5) is 1.01. The highest BCUT2D eigenvalue weighted by molar-refractivity contribution is 7.10. The Morgan fingerprint density at radius 1 is 1.75 bits per heavy atom. The first-order valence-corrected chi connectivity index (χ1v) is 4.75. The van der Waals surface area contributed by atoms with Crippen molar-refractivity contribution in [1.82, 2.24) is 5.32 Å². The molecule has 1 unspecified atom stereocenters. The minimum absolute atomic E-state index is 0.218. The molecule has 0 spiro atoms. The van der Waals surface area contributed by atoms with E-state index in [1.165, 1.54) is 16.7 Å². The highest BCUT2D eigenvalue weighted by Crippen LogP contribution is 2.33. The van der Waals surface area contributed by atoms with Gasteiger partial charge < -0.3 is 10.1 Å². The number of halogens is 1. The van der Waals surface area contributed by atoms with E-state index < -0.39 is 0 Å². The Kier molecular flexibility index (Phi) is 2.02. The van der Waals surface area contributed by atoms with Crippen molar-refractivity contribution in [2.24, 2.45) is 0 Å². The Morgan fingerprint density at radius 2 is 2.58 bits per heavy atom. The maximum Gasteiger partial charge on any atom is 0.176 e. The minimum atomic E-state index is -0.218. The van der Waals surface area contributed by atoms with Gasteiger partial charge in [0.05, 0.1) is 4.88 Å². The van der Waals surface area contributed by atoms with Crippen LogP contribution in [0, 0.1) is 5.82 Å². The van der Waals surface area contributed by atoms with Gasteiger partial charge in [-0.2, -0.15) is 0 Å². The van der Waals surface area contributed by atoms with Gasteiger partial charge in [-0.15, -0.1) is 11.3 Å². The summed E-state index contributed by atoms with van der Waals surface area (Å²) in [7, 11) is 1.89. The maximum absolute atomic E-state index is 12.9. The molecule has 0 radical (unpaired) electrons. The van der Waals surface area contributed by atoms with Gasteiger partial charge >= 0.3 is 0 Å². The van der Waals surface area contributed by atoms with Gasteiger partial charge in [0.2, 0.25) is 0 Å². The summed E-state index contributed by atoms with van der Waals surface area (Å²) >= 11 is 1.43. The van der Waals surface area contributed by atoms with Crippen molar-refractivity contribution in [1.29, 1.82) is 0 Å². The van der Waals surface area contributed by atoms with Crippen LogP contribution in [-0.2, 0) is 6.42 Å². The second kappa shape index (κ2) is 3.03. The molecule has 0 fully saturated rings. The first-order valence-electron chi connectivity index (χ1n) is 3.87. The quantitative estimate of drug-likeness (QED) is 0.717. The normalized spacial score (nSPS) is 21.7.